The van der Waals surface area contributed by atoms with Gasteiger partial charge in [-0.2, -0.15) is 4.68 Å². The number of fused-ring (bicyclic) bond motifs is 1. The lowest BCUT2D eigenvalue weighted by atomic mass is 9.94. The number of carbonyl (C=O) groups excluding carboxylic acids is 1. The predicted molar refractivity (Wildman–Crippen MR) is 151 cm³/mol. The number of carbonyl (C=O) groups is 1. The van der Waals surface area contributed by atoms with E-state index in [1.807, 2.05) is 57.2 Å². The van der Waals surface area contributed by atoms with Crippen LogP contribution in [0.5, 0.6) is 11.5 Å². The van der Waals surface area contributed by atoms with E-state index in [0.717, 1.165) is 27.9 Å². The van der Waals surface area contributed by atoms with Gasteiger partial charge in [0, 0.05) is 11.4 Å². The van der Waals surface area contributed by atoms with Crippen LogP contribution in [0.2, 0.25) is 10.0 Å². The fourth-order valence-electron chi connectivity index (χ4n) is 4.52. The van der Waals surface area contributed by atoms with Crippen molar-refractivity contribution < 1.29 is 14.3 Å². The molecule has 0 bridgehead atoms. The van der Waals surface area contributed by atoms with E-state index in [0.29, 0.717) is 38.8 Å². The Bertz CT molecular complexity index is 1600. The Balaban J connectivity index is 1.47. The lowest BCUT2D eigenvalue weighted by molar-refractivity contribution is -0.113. The quantitative estimate of drug-likeness (QED) is 0.279. The third kappa shape index (κ3) is 5.41. The van der Waals surface area contributed by atoms with Gasteiger partial charge in [0.15, 0.2) is 11.5 Å². The molecule has 5 rings (SSSR count). The summed E-state index contributed by atoms with van der Waals surface area (Å²) >= 11 is 12.2. The summed E-state index contributed by atoms with van der Waals surface area (Å²) in [7, 11) is 1.56. The van der Waals surface area contributed by atoms with Gasteiger partial charge in [-0.25, -0.2) is 0 Å². The first-order chi connectivity index (χ1) is 18.7. The highest BCUT2D eigenvalue weighted by Crippen LogP contribution is 2.39. The van der Waals surface area contributed by atoms with Crippen molar-refractivity contribution >= 4 is 40.7 Å². The minimum absolute atomic E-state index is 0.264. The zero-order valence-corrected chi connectivity index (χ0v) is 23.3. The van der Waals surface area contributed by atoms with Crippen molar-refractivity contribution in [3.63, 3.8) is 0 Å². The van der Waals surface area contributed by atoms with Gasteiger partial charge in [-0.3, -0.25) is 4.79 Å². The van der Waals surface area contributed by atoms with Crippen molar-refractivity contribution in [1.29, 1.82) is 0 Å². The van der Waals surface area contributed by atoms with Crippen LogP contribution < -0.4 is 20.1 Å². The summed E-state index contributed by atoms with van der Waals surface area (Å²) in [4.78, 5) is 13.7. The molecule has 0 saturated heterocycles. The Labute approximate surface area is 235 Å². The van der Waals surface area contributed by atoms with Gasteiger partial charge in [-0.05, 0) is 78.2 Å². The molecule has 1 atom stereocenters. The van der Waals surface area contributed by atoms with Crippen molar-refractivity contribution in [2.24, 2.45) is 0 Å². The van der Waals surface area contributed by atoms with Crippen LogP contribution in [0.3, 0.4) is 0 Å². The Morgan fingerprint density at radius 3 is 2.59 bits per heavy atom. The number of methoxy groups -OCH3 is 1. The summed E-state index contributed by atoms with van der Waals surface area (Å²) in [5, 5.41) is 19.2. The molecular formula is C28H26Cl2N6O3. The molecule has 0 spiro atoms. The molecule has 4 aromatic rings. The second kappa shape index (κ2) is 11.0. The van der Waals surface area contributed by atoms with Crippen LogP contribution in [0.4, 0.5) is 11.6 Å². The van der Waals surface area contributed by atoms with E-state index in [4.69, 9.17) is 32.7 Å². The topological polar surface area (TPSA) is 103 Å². The number of ether oxygens (including phenoxy) is 2. The summed E-state index contributed by atoms with van der Waals surface area (Å²) < 4.78 is 13.3. The molecule has 9 nitrogen and oxygen atoms in total. The Hall–Kier alpha value is -4.08. The normalized spacial score (nSPS) is 14.5. The Morgan fingerprint density at radius 2 is 1.85 bits per heavy atom. The molecule has 1 amide bonds. The molecule has 0 aliphatic carbocycles. The van der Waals surface area contributed by atoms with Crippen LogP contribution in [0.25, 0.3) is 0 Å². The number of tetrazole rings is 1. The number of halogens is 2. The molecule has 2 heterocycles. The maximum absolute atomic E-state index is 13.7. The molecule has 1 aliphatic rings. The number of nitrogens with one attached hydrogen (secondary N) is 2. The first-order valence-corrected chi connectivity index (χ1v) is 12.9. The van der Waals surface area contributed by atoms with Crippen molar-refractivity contribution in [2.75, 3.05) is 17.7 Å². The fourth-order valence-corrected chi connectivity index (χ4v) is 4.84. The molecule has 0 radical (unpaired) electrons. The predicted octanol–water partition coefficient (Wildman–Crippen LogP) is 6.11. The van der Waals surface area contributed by atoms with E-state index in [2.05, 4.69) is 26.2 Å². The van der Waals surface area contributed by atoms with Gasteiger partial charge in [0.1, 0.15) is 12.6 Å². The van der Waals surface area contributed by atoms with E-state index >= 15 is 0 Å². The number of nitrogens with zero attached hydrogens (tertiary/aromatic N) is 4. The number of allylic oxidation sites excluding steroid dienone is 1. The summed E-state index contributed by atoms with van der Waals surface area (Å²) in [6.07, 6.45) is 0. The molecule has 0 fully saturated rings. The summed E-state index contributed by atoms with van der Waals surface area (Å²) in [5.74, 6) is 1.18. The van der Waals surface area contributed by atoms with Crippen LogP contribution >= 0.6 is 23.2 Å². The van der Waals surface area contributed by atoms with Crippen molar-refractivity contribution in [3.05, 3.63) is 98.2 Å². The second-order valence-electron chi connectivity index (χ2n) is 9.23. The van der Waals surface area contributed by atoms with Gasteiger partial charge >= 0.3 is 0 Å². The first-order valence-electron chi connectivity index (χ1n) is 12.1. The average Bonchev–Trinajstić information content (AvgIpc) is 3.38. The molecular weight excluding hydrogens is 539 g/mol. The molecule has 1 unspecified atom stereocenters. The maximum atomic E-state index is 13.7. The van der Waals surface area contributed by atoms with Gasteiger partial charge in [0.05, 0.1) is 22.7 Å². The minimum Gasteiger partial charge on any atom is -0.493 e. The van der Waals surface area contributed by atoms with Crippen molar-refractivity contribution in [2.45, 2.75) is 33.4 Å². The van der Waals surface area contributed by atoms with E-state index in [1.165, 1.54) is 0 Å². The highest BCUT2D eigenvalue weighted by Gasteiger charge is 2.34. The van der Waals surface area contributed by atoms with Crippen LogP contribution in [0.1, 0.15) is 35.2 Å². The third-order valence-corrected chi connectivity index (χ3v) is 7.21. The van der Waals surface area contributed by atoms with E-state index < -0.39 is 6.04 Å². The fraction of sp³-hybridized carbons (Fsp3) is 0.214. The van der Waals surface area contributed by atoms with E-state index in [-0.39, 0.29) is 12.5 Å². The zero-order valence-electron chi connectivity index (χ0n) is 21.8. The molecule has 1 aromatic heterocycles. The molecule has 0 saturated carbocycles. The lowest BCUT2D eigenvalue weighted by Crippen LogP contribution is -2.31. The highest BCUT2D eigenvalue weighted by molar-refractivity contribution is 6.42. The third-order valence-electron chi connectivity index (χ3n) is 6.47. The number of anilines is 2. The molecule has 200 valence electrons. The van der Waals surface area contributed by atoms with Gasteiger partial charge in [0.25, 0.3) is 5.91 Å². The zero-order chi connectivity index (χ0) is 27.7. The molecule has 39 heavy (non-hydrogen) atoms. The average molecular weight is 565 g/mol. The number of benzene rings is 3. The Kier molecular flexibility index (Phi) is 7.45. The van der Waals surface area contributed by atoms with E-state index in [1.54, 1.807) is 30.0 Å². The molecule has 3 aromatic carbocycles. The minimum atomic E-state index is -0.611. The summed E-state index contributed by atoms with van der Waals surface area (Å²) in [6.45, 7) is 6.06. The number of aromatic nitrogens is 4. The molecule has 2 N–H and O–H groups in total. The SMILES string of the molecule is COc1cc(C2C(C(=O)Nc3ccc(C)cc3C)=C(C)Nc3nnnn32)ccc1OCc1ccc(Cl)c(Cl)c1. The Morgan fingerprint density at radius 1 is 1.03 bits per heavy atom. The number of aryl methyl sites for hydroxylation is 2. The van der Waals surface area contributed by atoms with Crippen LogP contribution in [0.15, 0.2) is 65.9 Å². The first kappa shape index (κ1) is 26.5. The maximum Gasteiger partial charge on any atom is 0.255 e. The number of hydrogen-bond acceptors (Lipinski definition) is 7. The lowest BCUT2D eigenvalue weighted by Gasteiger charge is -2.28. The van der Waals surface area contributed by atoms with Crippen LogP contribution in [-0.2, 0) is 11.4 Å². The summed E-state index contributed by atoms with van der Waals surface area (Å²) in [5.41, 5.74) is 5.53. The van der Waals surface area contributed by atoms with Crippen molar-refractivity contribution in [3.8, 4) is 11.5 Å². The van der Waals surface area contributed by atoms with Gasteiger partial charge < -0.3 is 20.1 Å². The second-order valence-corrected chi connectivity index (χ2v) is 10.0. The monoisotopic (exact) mass is 564 g/mol. The van der Waals surface area contributed by atoms with Crippen LogP contribution in [0, 0.1) is 13.8 Å². The molecule has 1 aliphatic heterocycles. The highest BCUT2D eigenvalue weighted by atomic mass is 35.5. The number of amides is 1. The van der Waals surface area contributed by atoms with Crippen LogP contribution in [-0.4, -0.2) is 33.2 Å². The molecule has 11 heteroatoms. The smallest absolute Gasteiger partial charge is 0.255 e. The van der Waals surface area contributed by atoms with Crippen molar-refractivity contribution in [1.82, 2.24) is 20.2 Å². The van der Waals surface area contributed by atoms with Gasteiger partial charge in [0.2, 0.25) is 5.95 Å². The number of rotatable bonds is 7. The number of hydrogen-bond donors (Lipinski definition) is 2. The standard InChI is InChI=1S/C28H26Cl2N6O3/c1-15-5-9-22(16(2)11-15)32-27(37)25-17(3)31-28-33-34-35-36(28)26(25)19-7-10-23(24(13-19)38-4)39-14-18-6-8-20(29)21(30)12-18/h5-13,26H,14H2,1-4H3,(H,32,37)(H,31,33,35). The van der Waals surface area contributed by atoms with E-state index in [9.17, 15) is 4.79 Å². The van der Waals surface area contributed by atoms with Gasteiger partial charge in [-0.1, -0.05) is 58.1 Å². The largest absolute Gasteiger partial charge is 0.493 e. The summed E-state index contributed by atoms with van der Waals surface area (Å²) in [6, 6.07) is 16.1. The van der Waals surface area contributed by atoms with Gasteiger partial charge in [-0.15, -0.1) is 0 Å².